The number of hydrogen-bond donors (Lipinski definition) is 1. The number of amidine groups is 1. The monoisotopic (exact) mass is 590 g/mol. The zero-order chi connectivity index (χ0) is 29.5. The predicted octanol–water partition coefficient (Wildman–Crippen LogP) is 4.63. The van der Waals surface area contributed by atoms with Crippen molar-refractivity contribution in [3.05, 3.63) is 88.1 Å². The minimum Gasteiger partial charge on any atom is -0.489 e. The number of ether oxygens (including phenoxy) is 3. The Kier molecular flexibility index (Phi) is 9.99. The van der Waals surface area contributed by atoms with Gasteiger partial charge in [-0.25, -0.2) is 9.79 Å². The summed E-state index contributed by atoms with van der Waals surface area (Å²) in [5.41, 5.74) is 3.75. The summed E-state index contributed by atoms with van der Waals surface area (Å²) in [5, 5.41) is 5.73. The maximum atomic E-state index is 13.5. The third kappa shape index (κ3) is 7.42. The lowest BCUT2D eigenvalue weighted by molar-refractivity contribution is -0.143. The van der Waals surface area contributed by atoms with Crippen LogP contribution in [-0.2, 0) is 25.7 Å². The van der Waals surface area contributed by atoms with Crippen LogP contribution in [0.5, 0.6) is 5.75 Å². The molecular weight excluding hydrogens is 552 g/mol. The number of benzene rings is 2. The molecule has 0 aromatic heterocycles. The quantitative estimate of drug-likeness (QED) is 0.379. The van der Waals surface area contributed by atoms with Gasteiger partial charge in [0, 0.05) is 31.9 Å². The van der Waals surface area contributed by atoms with Crippen molar-refractivity contribution in [3.8, 4) is 5.75 Å². The number of hydrogen-bond acceptors (Lipinski definition) is 9. The van der Waals surface area contributed by atoms with E-state index in [4.69, 9.17) is 19.2 Å². The molecule has 0 spiro atoms. The number of nitrogens with one attached hydrogen (secondary N) is 1. The Morgan fingerprint density at radius 3 is 2.67 bits per heavy atom. The van der Waals surface area contributed by atoms with E-state index >= 15 is 0 Å². The van der Waals surface area contributed by atoms with Gasteiger partial charge in [0.15, 0.2) is 5.17 Å². The van der Waals surface area contributed by atoms with Gasteiger partial charge >= 0.3 is 5.97 Å². The first kappa shape index (κ1) is 29.9. The van der Waals surface area contributed by atoms with E-state index in [2.05, 4.69) is 10.2 Å². The molecule has 0 aliphatic carbocycles. The normalized spacial score (nSPS) is 18.9. The molecule has 0 radical (unpaired) electrons. The molecule has 1 fully saturated rings. The molecule has 2 aromatic carbocycles. The van der Waals surface area contributed by atoms with Crippen LogP contribution in [0.25, 0.3) is 0 Å². The van der Waals surface area contributed by atoms with Crippen LogP contribution in [0.15, 0.2) is 82.0 Å². The summed E-state index contributed by atoms with van der Waals surface area (Å²) in [6.45, 7) is 10.5. The van der Waals surface area contributed by atoms with Crippen molar-refractivity contribution in [2.24, 2.45) is 4.99 Å². The number of aliphatic imine (C=N–C) groups is 1. The van der Waals surface area contributed by atoms with Crippen molar-refractivity contribution in [2.75, 3.05) is 39.4 Å². The van der Waals surface area contributed by atoms with Crippen molar-refractivity contribution < 1.29 is 23.8 Å². The number of allylic oxidation sites excluding steroid dienone is 1. The zero-order valence-electron chi connectivity index (χ0n) is 24.4. The van der Waals surface area contributed by atoms with E-state index in [1.165, 1.54) is 11.8 Å². The minimum atomic E-state index is -0.522. The summed E-state index contributed by atoms with van der Waals surface area (Å²) in [5.74, 6) is 0.192. The fourth-order valence-corrected chi connectivity index (χ4v) is 6.11. The second kappa shape index (κ2) is 14.0. The molecule has 3 heterocycles. The Labute approximate surface area is 251 Å². The van der Waals surface area contributed by atoms with E-state index < -0.39 is 12.0 Å². The first-order valence-electron chi connectivity index (χ1n) is 14.4. The van der Waals surface area contributed by atoms with Crippen LogP contribution in [0.2, 0.25) is 0 Å². The minimum absolute atomic E-state index is 0.0763. The van der Waals surface area contributed by atoms with Gasteiger partial charge in [-0.15, -0.1) is 0 Å². The lowest BCUT2D eigenvalue weighted by atomic mass is 9.93. The third-order valence-electron chi connectivity index (χ3n) is 7.18. The van der Waals surface area contributed by atoms with E-state index in [-0.39, 0.29) is 18.4 Å². The molecule has 1 N–H and O–H groups in total. The standard InChI is InChI=1S/C32H38N4O5S/c1-22(2)41-31(38)29-23(3)34-32-36(26(21-42-32)19-28(37)33-12-13-35-14-16-39-17-15-35)30(29)25-10-7-11-27(18-25)40-20-24-8-5-4-6-9-24/h4-11,18,21-22,30H,12-17,19-20H2,1-3H3,(H,33,37). The molecule has 10 heteroatoms. The molecule has 3 aliphatic heterocycles. The number of carbonyl (C=O) groups excluding carboxylic acids is 2. The van der Waals surface area contributed by atoms with Crippen molar-refractivity contribution in [3.63, 3.8) is 0 Å². The molecule has 3 aliphatic rings. The maximum absolute atomic E-state index is 13.5. The second-order valence-corrected chi connectivity index (χ2v) is 11.5. The van der Waals surface area contributed by atoms with E-state index in [9.17, 15) is 9.59 Å². The number of amides is 1. The smallest absolute Gasteiger partial charge is 0.338 e. The average molecular weight is 591 g/mol. The lowest BCUT2D eigenvalue weighted by Gasteiger charge is -2.36. The van der Waals surface area contributed by atoms with Gasteiger partial charge in [-0.1, -0.05) is 54.2 Å². The molecule has 2 aromatic rings. The first-order valence-corrected chi connectivity index (χ1v) is 15.3. The average Bonchev–Trinajstić information content (AvgIpc) is 3.37. The van der Waals surface area contributed by atoms with Crippen LogP contribution >= 0.6 is 11.8 Å². The predicted molar refractivity (Wildman–Crippen MR) is 164 cm³/mol. The summed E-state index contributed by atoms with van der Waals surface area (Å²) in [7, 11) is 0. The summed E-state index contributed by atoms with van der Waals surface area (Å²) >= 11 is 1.46. The summed E-state index contributed by atoms with van der Waals surface area (Å²) in [4.78, 5) is 35.6. The van der Waals surface area contributed by atoms with Gasteiger partial charge in [-0.3, -0.25) is 9.69 Å². The molecule has 1 atom stereocenters. The summed E-state index contributed by atoms with van der Waals surface area (Å²) in [6.07, 6.45) is -0.119. The Morgan fingerprint density at radius 1 is 1.12 bits per heavy atom. The Bertz CT molecular complexity index is 1370. The fraction of sp³-hybridized carbons (Fsp3) is 0.406. The highest BCUT2D eigenvalue weighted by Crippen LogP contribution is 2.45. The number of rotatable bonds is 11. The Balaban J connectivity index is 1.36. The second-order valence-electron chi connectivity index (χ2n) is 10.7. The number of morpholine rings is 1. The highest BCUT2D eigenvalue weighted by molar-refractivity contribution is 8.16. The number of fused-ring (bicyclic) bond motifs is 1. The van der Waals surface area contributed by atoms with Crippen molar-refractivity contribution in [1.29, 1.82) is 0 Å². The SMILES string of the molecule is CC1=C(C(=O)OC(C)C)C(c2cccc(OCc3ccccc3)c2)N2C(CC(=O)NCCN3CCOCC3)=CSC2=N1. The molecule has 1 amide bonds. The van der Waals surface area contributed by atoms with Crippen molar-refractivity contribution in [2.45, 2.75) is 45.9 Å². The molecule has 1 unspecified atom stereocenters. The summed E-state index contributed by atoms with van der Waals surface area (Å²) in [6, 6.07) is 17.2. The topological polar surface area (TPSA) is 92.7 Å². The van der Waals surface area contributed by atoms with Gasteiger partial charge in [-0.2, -0.15) is 0 Å². The highest BCUT2D eigenvalue weighted by atomic mass is 32.2. The van der Waals surface area contributed by atoms with Gasteiger partial charge in [-0.05, 0) is 49.4 Å². The van der Waals surface area contributed by atoms with Crippen LogP contribution in [0.4, 0.5) is 0 Å². The van der Waals surface area contributed by atoms with E-state index in [0.717, 1.165) is 54.8 Å². The molecule has 5 rings (SSSR count). The zero-order valence-corrected chi connectivity index (χ0v) is 25.2. The van der Waals surface area contributed by atoms with E-state index in [0.29, 0.717) is 30.2 Å². The van der Waals surface area contributed by atoms with Crippen LogP contribution in [0.3, 0.4) is 0 Å². The van der Waals surface area contributed by atoms with Crippen LogP contribution in [0, 0.1) is 0 Å². The maximum Gasteiger partial charge on any atom is 0.338 e. The Hall–Kier alpha value is -3.60. The number of carbonyl (C=O) groups is 2. The van der Waals surface area contributed by atoms with Gasteiger partial charge in [0.05, 0.1) is 43.1 Å². The van der Waals surface area contributed by atoms with Crippen molar-refractivity contribution >= 4 is 28.8 Å². The van der Waals surface area contributed by atoms with E-state index in [1.807, 2.05) is 85.7 Å². The molecule has 1 saturated heterocycles. The van der Waals surface area contributed by atoms with Crippen LogP contribution in [-0.4, -0.2) is 72.3 Å². The molecule has 42 heavy (non-hydrogen) atoms. The van der Waals surface area contributed by atoms with Crippen LogP contribution < -0.4 is 10.1 Å². The molecule has 0 saturated carbocycles. The summed E-state index contributed by atoms with van der Waals surface area (Å²) < 4.78 is 17.2. The van der Waals surface area contributed by atoms with Gasteiger partial charge in [0.25, 0.3) is 0 Å². The largest absolute Gasteiger partial charge is 0.489 e. The van der Waals surface area contributed by atoms with Gasteiger partial charge in [0.2, 0.25) is 5.91 Å². The third-order valence-corrected chi connectivity index (χ3v) is 8.07. The van der Waals surface area contributed by atoms with Crippen molar-refractivity contribution in [1.82, 2.24) is 15.1 Å². The fourth-order valence-electron chi connectivity index (χ4n) is 5.14. The van der Waals surface area contributed by atoms with E-state index in [1.54, 1.807) is 0 Å². The number of nitrogens with zero attached hydrogens (tertiary/aromatic N) is 3. The van der Waals surface area contributed by atoms with Gasteiger partial charge < -0.3 is 24.4 Å². The first-order chi connectivity index (χ1) is 20.4. The number of thioether (sulfide) groups is 1. The molecular formula is C32H38N4O5S. The van der Waals surface area contributed by atoms with Gasteiger partial charge in [0.1, 0.15) is 12.4 Å². The molecule has 9 nitrogen and oxygen atoms in total. The molecule has 0 bridgehead atoms. The molecule has 222 valence electrons. The Morgan fingerprint density at radius 2 is 1.90 bits per heavy atom. The van der Waals surface area contributed by atoms with Crippen LogP contribution in [0.1, 0.15) is 44.4 Å². The highest BCUT2D eigenvalue weighted by Gasteiger charge is 2.41. The number of esters is 1. The lowest BCUT2D eigenvalue weighted by Crippen LogP contribution is -2.42.